The van der Waals surface area contributed by atoms with Gasteiger partial charge in [0.15, 0.2) is 0 Å². The fraction of sp³-hybridized carbons (Fsp3) is 0.318. The van der Waals surface area contributed by atoms with E-state index in [0.717, 1.165) is 12.8 Å². The van der Waals surface area contributed by atoms with Crippen LogP contribution in [0.15, 0.2) is 53.3 Å². The molecule has 8 heteroatoms. The smallest absolute Gasteiger partial charge is 0.348 e. The van der Waals surface area contributed by atoms with Crippen LogP contribution in [0.4, 0.5) is 4.39 Å². The van der Waals surface area contributed by atoms with Gasteiger partial charge in [0.25, 0.3) is 5.91 Å². The third-order valence-electron chi connectivity index (χ3n) is 5.55. The number of carbonyl (C=O) groups is 1. The molecule has 2 aromatic carbocycles. The molecular formula is C22H23FN4O3. The molecule has 0 unspecified atom stereocenters. The first-order chi connectivity index (χ1) is 14.6. The van der Waals surface area contributed by atoms with Gasteiger partial charge >= 0.3 is 5.69 Å². The first-order valence-corrected chi connectivity index (χ1v) is 9.92. The van der Waals surface area contributed by atoms with Crippen molar-refractivity contribution in [2.75, 3.05) is 20.2 Å². The van der Waals surface area contributed by atoms with E-state index in [1.165, 1.54) is 10.6 Å². The van der Waals surface area contributed by atoms with Crippen LogP contribution in [0.5, 0.6) is 5.75 Å². The summed E-state index contributed by atoms with van der Waals surface area (Å²) in [7, 11) is 1.55. The Morgan fingerprint density at radius 1 is 1.17 bits per heavy atom. The molecule has 0 bridgehead atoms. The van der Waals surface area contributed by atoms with E-state index in [0.29, 0.717) is 36.6 Å². The normalized spacial score (nSPS) is 14.7. The van der Waals surface area contributed by atoms with Gasteiger partial charge in [-0.2, -0.15) is 5.10 Å². The third kappa shape index (κ3) is 3.85. The van der Waals surface area contributed by atoms with Crippen molar-refractivity contribution in [2.24, 2.45) is 5.92 Å². The minimum atomic E-state index is -0.473. The zero-order valence-electron chi connectivity index (χ0n) is 16.7. The predicted molar refractivity (Wildman–Crippen MR) is 109 cm³/mol. The highest BCUT2D eigenvalue weighted by molar-refractivity contribution is 5.97. The number of hydrogen-bond acceptors (Lipinski definition) is 4. The van der Waals surface area contributed by atoms with E-state index < -0.39 is 11.5 Å². The van der Waals surface area contributed by atoms with E-state index in [1.54, 1.807) is 37.4 Å². The van der Waals surface area contributed by atoms with Crippen LogP contribution >= 0.6 is 0 Å². The Morgan fingerprint density at radius 3 is 2.60 bits per heavy atom. The second-order valence-corrected chi connectivity index (χ2v) is 7.37. The number of aromatic nitrogens is 3. The Labute approximate surface area is 173 Å². The molecule has 3 aromatic rings. The lowest BCUT2D eigenvalue weighted by atomic mass is 9.92. The Balaban J connectivity index is 1.45. The highest BCUT2D eigenvalue weighted by Gasteiger charge is 2.27. The number of aromatic amines is 1. The molecule has 156 valence electrons. The van der Waals surface area contributed by atoms with E-state index in [4.69, 9.17) is 4.74 Å². The summed E-state index contributed by atoms with van der Waals surface area (Å²) in [6.45, 7) is 1.21. The van der Waals surface area contributed by atoms with Crippen LogP contribution in [0.3, 0.4) is 0 Å². The first kappa shape index (κ1) is 19.9. The Kier molecular flexibility index (Phi) is 5.65. The summed E-state index contributed by atoms with van der Waals surface area (Å²) < 4.78 is 20.8. The number of carbonyl (C=O) groups excluding carboxylic acids is 1. The summed E-state index contributed by atoms with van der Waals surface area (Å²) in [5.74, 6) is 0.788. The van der Waals surface area contributed by atoms with Gasteiger partial charge in [0.1, 0.15) is 17.4 Å². The van der Waals surface area contributed by atoms with Gasteiger partial charge in [0.2, 0.25) is 0 Å². The largest absolute Gasteiger partial charge is 0.496 e. The minimum Gasteiger partial charge on any atom is -0.496 e. The quantitative estimate of drug-likeness (QED) is 0.702. The molecule has 7 nitrogen and oxygen atoms in total. The van der Waals surface area contributed by atoms with Crippen molar-refractivity contribution in [3.8, 4) is 11.4 Å². The van der Waals surface area contributed by atoms with Gasteiger partial charge < -0.3 is 9.64 Å². The highest BCUT2D eigenvalue weighted by atomic mass is 19.1. The number of hydrogen-bond donors (Lipinski definition) is 1. The Bertz CT molecular complexity index is 1100. The minimum absolute atomic E-state index is 0.0473. The molecule has 4 rings (SSSR count). The van der Waals surface area contributed by atoms with Crippen molar-refractivity contribution in [1.29, 1.82) is 0 Å². The Hall–Kier alpha value is -3.42. The number of rotatable bonds is 5. The van der Waals surface area contributed by atoms with Crippen LogP contribution in [-0.2, 0) is 6.42 Å². The van der Waals surface area contributed by atoms with Crippen LogP contribution in [0.1, 0.15) is 29.0 Å². The van der Waals surface area contributed by atoms with Crippen LogP contribution in [-0.4, -0.2) is 45.8 Å². The van der Waals surface area contributed by atoms with E-state index in [2.05, 4.69) is 10.2 Å². The maximum Gasteiger partial charge on any atom is 0.348 e. The molecule has 1 fully saturated rings. The van der Waals surface area contributed by atoms with Crippen molar-refractivity contribution in [2.45, 2.75) is 19.3 Å². The van der Waals surface area contributed by atoms with Crippen LogP contribution in [0.25, 0.3) is 5.69 Å². The van der Waals surface area contributed by atoms with E-state index in [-0.39, 0.29) is 17.5 Å². The Morgan fingerprint density at radius 2 is 1.87 bits per heavy atom. The highest BCUT2D eigenvalue weighted by Crippen LogP contribution is 2.25. The molecule has 2 heterocycles. The average Bonchev–Trinajstić information content (AvgIpc) is 3.14. The zero-order chi connectivity index (χ0) is 21.1. The first-order valence-electron chi connectivity index (χ1n) is 9.92. The summed E-state index contributed by atoms with van der Waals surface area (Å²) in [5, 5.41) is 6.54. The lowest BCUT2D eigenvalue weighted by Crippen LogP contribution is -2.39. The number of ether oxygens (including phenoxy) is 1. The van der Waals surface area contributed by atoms with E-state index in [1.807, 2.05) is 17.0 Å². The number of benzene rings is 2. The van der Waals surface area contributed by atoms with Crippen LogP contribution in [0.2, 0.25) is 0 Å². The van der Waals surface area contributed by atoms with Crippen molar-refractivity contribution in [1.82, 2.24) is 19.7 Å². The fourth-order valence-electron chi connectivity index (χ4n) is 3.94. The maximum atomic E-state index is 14.2. The van der Waals surface area contributed by atoms with Crippen molar-refractivity contribution < 1.29 is 13.9 Å². The summed E-state index contributed by atoms with van der Waals surface area (Å²) in [6, 6.07) is 13.3. The summed E-state index contributed by atoms with van der Waals surface area (Å²) in [4.78, 5) is 26.9. The topological polar surface area (TPSA) is 80.2 Å². The number of halogens is 1. The summed E-state index contributed by atoms with van der Waals surface area (Å²) in [6.07, 6.45) is 2.09. The SMILES string of the molecule is COc1ccccc1C(=O)N1CCC(Cc2n[nH]c(=O)n2-c2ccccc2F)CC1. The molecule has 1 aromatic heterocycles. The predicted octanol–water partition coefficient (Wildman–Crippen LogP) is 2.80. The van der Waals surface area contributed by atoms with Gasteiger partial charge in [0, 0.05) is 19.5 Å². The monoisotopic (exact) mass is 410 g/mol. The second-order valence-electron chi connectivity index (χ2n) is 7.37. The maximum absolute atomic E-state index is 14.2. The van der Waals surface area contributed by atoms with Gasteiger partial charge in [-0.25, -0.2) is 18.9 Å². The summed E-state index contributed by atoms with van der Waals surface area (Å²) >= 11 is 0. The number of likely N-dealkylation sites (tertiary alicyclic amines) is 1. The molecule has 0 saturated carbocycles. The number of piperidine rings is 1. The molecule has 0 spiro atoms. The molecule has 1 amide bonds. The molecule has 1 aliphatic rings. The van der Waals surface area contributed by atoms with Gasteiger partial charge in [-0.3, -0.25) is 4.79 Å². The van der Waals surface area contributed by atoms with Crippen LogP contribution < -0.4 is 10.4 Å². The standard InChI is InChI=1S/C22H23FN4O3/c1-30-19-9-5-2-6-16(19)21(28)26-12-10-15(11-13-26)14-20-24-25-22(29)27(20)18-8-4-3-7-17(18)23/h2-9,15H,10-14H2,1H3,(H,25,29). The van der Waals surface area contributed by atoms with Gasteiger partial charge in [-0.15, -0.1) is 0 Å². The second kappa shape index (κ2) is 8.52. The molecule has 0 aliphatic carbocycles. The zero-order valence-corrected chi connectivity index (χ0v) is 16.7. The molecule has 1 N–H and O–H groups in total. The van der Waals surface area contributed by atoms with Crippen molar-refractivity contribution in [3.63, 3.8) is 0 Å². The average molecular weight is 410 g/mol. The lowest BCUT2D eigenvalue weighted by molar-refractivity contribution is 0.0686. The summed E-state index contributed by atoms with van der Waals surface area (Å²) in [5.41, 5.74) is 0.285. The van der Waals surface area contributed by atoms with Gasteiger partial charge in [0.05, 0.1) is 18.4 Å². The molecule has 1 aliphatic heterocycles. The fourth-order valence-corrected chi connectivity index (χ4v) is 3.94. The van der Waals surface area contributed by atoms with Crippen molar-refractivity contribution in [3.05, 3.63) is 76.2 Å². The number of H-pyrrole nitrogens is 1. The molecule has 1 saturated heterocycles. The van der Waals surface area contributed by atoms with Crippen molar-refractivity contribution >= 4 is 5.91 Å². The van der Waals surface area contributed by atoms with Crippen LogP contribution in [0, 0.1) is 11.7 Å². The number of para-hydroxylation sites is 2. The van der Waals surface area contributed by atoms with E-state index >= 15 is 0 Å². The number of nitrogens with zero attached hydrogens (tertiary/aromatic N) is 3. The number of methoxy groups -OCH3 is 1. The van der Waals surface area contributed by atoms with Gasteiger partial charge in [-0.1, -0.05) is 24.3 Å². The molecular weight excluding hydrogens is 387 g/mol. The lowest BCUT2D eigenvalue weighted by Gasteiger charge is -2.32. The molecule has 0 radical (unpaired) electrons. The molecule has 30 heavy (non-hydrogen) atoms. The number of nitrogens with one attached hydrogen (secondary N) is 1. The van der Waals surface area contributed by atoms with Gasteiger partial charge in [-0.05, 0) is 43.0 Å². The third-order valence-corrected chi connectivity index (χ3v) is 5.55. The molecule has 0 atom stereocenters. The number of amides is 1. The van der Waals surface area contributed by atoms with E-state index in [9.17, 15) is 14.0 Å².